The molecule has 1 aliphatic rings. The average Bonchev–Trinajstić information content (AvgIpc) is 2.47. The molecule has 20 heavy (non-hydrogen) atoms. The molecule has 2 heterocycles. The Bertz CT molecular complexity index is 596. The number of nitrogens with one attached hydrogen (secondary N) is 1. The Balaban J connectivity index is 1.76. The van der Waals surface area contributed by atoms with Gasteiger partial charge in [-0.2, -0.15) is 0 Å². The number of piperidine rings is 1. The maximum atomic E-state index is 6.01. The molecule has 1 atom stereocenters. The molecule has 4 nitrogen and oxygen atoms in total. The molecule has 1 aromatic carbocycles. The minimum atomic E-state index is 0.713. The Hall–Kier alpha value is -1.81. The summed E-state index contributed by atoms with van der Waals surface area (Å²) < 4.78 is 0. The van der Waals surface area contributed by atoms with Crippen LogP contribution in [0, 0.1) is 5.92 Å². The van der Waals surface area contributed by atoms with E-state index in [1.54, 1.807) is 0 Å². The summed E-state index contributed by atoms with van der Waals surface area (Å²) in [5.74, 6) is 0.713. The summed E-state index contributed by atoms with van der Waals surface area (Å²) in [7, 11) is 2.20. The third kappa shape index (κ3) is 2.70. The van der Waals surface area contributed by atoms with Crippen molar-refractivity contribution in [3.05, 3.63) is 30.5 Å². The van der Waals surface area contributed by atoms with Gasteiger partial charge in [-0.05, 0) is 56.6 Å². The van der Waals surface area contributed by atoms with E-state index < -0.39 is 0 Å². The summed E-state index contributed by atoms with van der Waals surface area (Å²) in [6.45, 7) is 3.40. The fourth-order valence-electron chi connectivity index (χ4n) is 3.03. The van der Waals surface area contributed by atoms with E-state index in [9.17, 15) is 0 Å². The molecule has 4 heteroatoms. The fourth-order valence-corrected chi connectivity index (χ4v) is 3.03. The molecule has 0 saturated carbocycles. The first-order valence-corrected chi connectivity index (χ1v) is 7.29. The highest BCUT2D eigenvalue weighted by atomic mass is 15.1. The summed E-state index contributed by atoms with van der Waals surface area (Å²) in [4.78, 5) is 6.88. The van der Waals surface area contributed by atoms with E-state index in [1.165, 1.54) is 25.9 Å². The molecule has 106 valence electrons. The topological polar surface area (TPSA) is 54.2 Å². The van der Waals surface area contributed by atoms with E-state index in [4.69, 9.17) is 5.73 Å². The molecule has 3 rings (SSSR count). The van der Waals surface area contributed by atoms with Gasteiger partial charge in [0.25, 0.3) is 0 Å². The highest BCUT2D eigenvalue weighted by Gasteiger charge is 2.17. The van der Waals surface area contributed by atoms with Gasteiger partial charge in [0.15, 0.2) is 0 Å². The van der Waals surface area contributed by atoms with Gasteiger partial charge in [-0.25, -0.2) is 0 Å². The number of pyridine rings is 1. The van der Waals surface area contributed by atoms with Crippen molar-refractivity contribution >= 4 is 22.3 Å². The van der Waals surface area contributed by atoms with Crippen LogP contribution in [0.25, 0.3) is 10.9 Å². The average molecular weight is 270 g/mol. The van der Waals surface area contributed by atoms with Crippen LogP contribution in [0.4, 0.5) is 11.4 Å². The first kappa shape index (κ1) is 13.2. The van der Waals surface area contributed by atoms with Crippen LogP contribution in [0.3, 0.4) is 0 Å². The van der Waals surface area contributed by atoms with Crippen molar-refractivity contribution in [1.29, 1.82) is 0 Å². The zero-order valence-corrected chi connectivity index (χ0v) is 12.0. The van der Waals surface area contributed by atoms with Crippen molar-refractivity contribution in [3.63, 3.8) is 0 Å². The molecule has 0 amide bonds. The van der Waals surface area contributed by atoms with Crippen molar-refractivity contribution in [3.8, 4) is 0 Å². The van der Waals surface area contributed by atoms with E-state index in [-0.39, 0.29) is 0 Å². The fraction of sp³-hybridized carbons (Fsp3) is 0.438. The minimum absolute atomic E-state index is 0.713. The Kier molecular flexibility index (Phi) is 3.74. The predicted octanol–water partition coefficient (Wildman–Crippen LogP) is 2.57. The van der Waals surface area contributed by atoms with Crippen LogP contribution in [0.1, 0.15) is 12.8 Å². The van der Waals surface area contributed by atoms with E-state index in [0.29, 0.717) is 5.92 Å². The van der Waals surface area contributed by atoms with Crippen LogP contribution in [0.2, 0.25) is 0 Å². The Morgan fingerprint density at radius 1 is 1.40 bits per heavy atom. The molecule has 3 N–H and O–H groups in total. The third-order valence-electron chi connectivity index (χ3n) is 4.11. The maximum Gasteiger partial charge on any atom is 0.0953 e. The molecule has 1 unspecified atom stereocenters. The van der Waals surface area contributed by atoms with Crippen LogP contribution in [0.5, 0.6) is 0 Å². The van der Waals surface area contributed by atoms with Crippen LogP contribution >= 0.6 is 0 Å². The predicted molar refractivity (Wildman–Crippen MR) is 84.9 cm³/mol. The zero-order chi connectivity index (χ0) is 13.9. The molecular formula is C16H22N4. The number of likely N-dealkylation sites (tertiary alicyclic amines) is 1. The molecule has 1 aromatic heterocycles. The third-order valence-corrected chi connectivity index (χ3v) is 4.11. The molecule has 1 fully saturated rings. The monoisotopic (exact) mass is 270 g/mol. The van der Waals surface area contributed by atoms with Crippen molar-refractivity contribution in [1.82, 2.24) is 9.88 Å². The second-order valence-electron chi connectivity index (χ2n) is 5.75. The van der Waals surface area contributed by atoms with Crippen LogP contribution in [-0.4, -0.2) is 36.6 Å². The Labute approximate surface area is 120 Å². The van der Waals surface area contributed by atoms with Crippen LogP contribution < -0.4 is 11.1 Å². The SMILES string of the molecule is CN1CCCC(CNc2ccc(N)c3cccnc23)C1. The highest BCUT2D eigenvalue weighted by Crippen LogP contribution is 2.27. The Morgan fingerprint density at radius 3 is 3.15 bits per heavy atom. The molecular weight excluding hydrogens is 248 g/mol. The first-order valence-electron chi connectivity index (χ1n) is 7.29. The lowest BCUT2D eigenvalue weighted by Gasteiger charge is -2.30. The van der Waals surface area contributed by atoms with Gasteiger partial charge in [-0.15, -0.1) is 0 Å². The molecule has 2 aromatic rings. The second kappa shape index (κ2) is 5.67. The molecule has 1 aliphatic heterocycles. The number of nitrogens with zero attached hydrogens (tertiary/aromatic N) is 2. The number of fused-ring (bicyclic) bond motifs is 1. The van der Waals surface area contributed by atoms with Gasteiger partial charge < -0.3 is 16.0 Å². The summed E-state index contributed by atoms with van der Waals surface area (Å²) in [5.41, 5.74) is 8.85. The van der Waals surface area contributed by atoms with Gasteiger partial charge >= 0.3 is 0 Å². The Morgan fingerprint density at radius 2 is 2.30 bits per heavy atom. The van der Waals surface area contributed by atoms with Gasteiger partial charge in [0.2, 0.25) is 0 Å². The van der Waals surface area contributed by atoms with Crippen molar-refractivity contribution in [2.75, 3.05) is 37.7 Å². The molecule has 0 radical (unpaired) electrons. The number of hydrogen-bond acceptors (Lipinski definition) is 4. The number of anilines is 2. The number of benzene rings is 1. The van der Waals surface area contributed by atoms with Crippen molar-refractivity contribution in [2.45, 2.75) is 12.8 Å². The van der Waals surface area contributed by atoms with E-state index in [1.807, 2.05) is 30.5 Å². The quantitative estimate of drug-likeness (QED) is 0.842. The van der Waals surface area contributed by atoms with Gasteiger partial charge in [-0.3, -0.25) is 4.98 Å². The number of hydrogen-bond donors (Lipinski definition) is 2. The number of rotatable bonds is 3. The summed E-state index contributed by atoms with van der Waals surface area (Å²) in [6.07, 6.45) is 4.42. The molecule has 0 bridgehead atoms. The number of nitrogens with two attached hydrogens (primary N) is 1. The van der Waals surface area contributed by atoms with E-state index in [0.717, 1.165) is 28.8 Å². The largest absolute Gasteiger partial charge is 0.398 e. The number of nitrogen functional groups attached to an aromatic ring is 1. The van der Waals surface area contributed by atoms with Gasteiger partial charge in [0.05, 0.1) is 11.2 Å². The summed E-state index contributed by atoms with van der Waals surface area (Å²) in [6, 6.07) is 7.95. The number of aromatic nitrogens is 1. The minimum Gasteiger partial charge on any atom is -0.398 e. The van der Waals surface area contributed by atoms with Crippen LogP contribution in [0.15, 0.2) is 30.5 Å². The highest BCUT2D eigenvalue weighted by molar-refractivity contribution is 5.98. The summed E-state index contributed by atoms with van der Waals surface area (Å²) >= 11 is 0. The van der Waals surface area contributed by atoms with Gasteiger partial charge in [-0.1, -0.05) is 0 Å². The molecule has 0 aliphatic carbocycles. The standard InChI is InChI=1S/C16H22N4/c1-20-9-3-4-12(11-20)10-19-15-7-6-14(17)13-5-2-8-18-16(13)15/h2,5-8,12,19H,3-4,9-11,17H2,1H3. The second-order valence-corrected chi connectivity index (χ2v) is 5.75. The van der Waals surface area contributed by atoms with Crippen LogP contribution in [-0.2, 0) is 0 Å². The van der Waals surface area contributed by atoms with E-state index >= 15 is 0 Å². The molecule has 0 spiro atoms. The lowest BCUT2D eigenvalue weighted by atomic mass is 9.98. The first-order chi connectivity index (χ1) is 9.74. The van der Waals surface area contributed by atoms with E-state index in [2.05, 4.69) is 22.2 Å². The zero-order valence-electron chi connectivity index (χ0n) is 12.0. The van der Waals surface area contributed by atoms with Gasteiger partial charge in [0, 0.05) is 30.4 Å². The normalized spacial score (nSPS) is 20.1. The maximum absolute atomic E-state index is 6.01. The van der Waals surface area contributed by atoms with Crippen molar-refractivity contribution < 1.29 is 0 Å². The van der Waals surface area contributed by atoms with Gasteiger partial charge in [0.1, 0.15) is 0 Å². The lowest BCUT2D eigenvalue weighted by molar-refractivity contribution is 0.217. The smallest absolute Gasteiger partial charge is 0.0953 e. The lowest BCUT2D eigenvalue weighted by Crippen LogP contribution is -2.35. The summed E-state index contributed by atoms with van der Waals surface area (Å²) in [5, 5.41) is 4.59. The van der Waals surface area contributed by atoms with Crippen molar-refractivity contribution in [2.24, 2.45) is 5.92 Å². The molecule has 1 saturated heterocycles.